The Balaban J connectivity index is 1.20. The van der Waals surface area contributed by atoms with Crippen LogP contribution >= 0.6 is 11.3 Å². The number of anilines is 2. The van der Waals surface area contributed by atoms with Crippen molar-refractivity contribution in [2.75, 3.05) is 62.3 Å². The second-order valence-corrected chi connectivity index (χ2v) is 9.49. The van der Waals surface area contributed by atoms with Crippen molar-refractivity contribution < 1.29 is 4.74 Å². The minimum atomic E-state index is 0.635. The number of hydrogen-bond donors (Lipinski definition) is 1. The first kappa shape index (κ1) is 20.5. The van der Waals surface area contributed by atoms with Gasteiger partial charge in [0.25, 0.3) is 0 Å². The zero-order valence-electron chi connectivity index (χ0n) is 18.4. The number of piperazine rings is 1. The normalized spacial score (nSPS) is 17.7. The molecule has 10 heteroatoms. The third-order valence-electron chi connectivity index (χ3n) is 6.35. The highest BCUT2D eigenvalue weighted by Crippen LogP contribution is 2.34. The molecule has 4 aromatic rings. The van der Waals surface area contributed by atoms with Crippen LogP contribution < -0.4 is 9.80 Å². The number of nitrogens with zero attached hydrogens (tertiary/aromatic N) is 7. The van der Waals surface area contributed by atoms with Crippen LogP contribution in [0.15, 0.2) is 42.5 Å². The van der Waals surface area contributed by atoms with Crippen LogP contribution in [0.3, 0.4) is 0 Å². The van der Waals surface area contributed by atoms with E-state index in [0.29, 0.717) is 5.82 Å². The summed E-state index contributed by atoms with van der Waals surface area (Å²) in [6, 6.07) is 14.9. The minimum Gasteiger partial charge on any atom is -0.378 e. The van der Waals surface area contributed by atoms with E-state index >= 15 is 0 Å². The number of H-pyrrole nitrogens is 1. The Morgan fingerprint density at radius 1 is 0.939 bits per heavy atom. The van der Waals surface area contributed by atoms with Gasteiger partial charge in [0.05, 0.1) is 35.7 Å². The number of para-hydroxylation sites is 1. The van der Waals surface area contributed by atoms with Gasteiger partial charge in [0.1, 0.15) is 5.01 Å². The highest BCUT2D eigenvalue weighted by atomic mass is 32.1. The molecular formula is C23H26N8OS. The smallest absolute Gasteiger partial charge is 0.206 e. The zero-order chi connectivity index (χ0) is 22.0. The molecule has 2 saturated heterocycles. The molecule has 2 aliphatic heterocycles. The Morgan fingerprint density at radius 2 is 1.79 bits per heavy atom. The van der Waals surface area contributed by atoms with Gasteiger partial charge in [0.2, 0.25) is 5.82 Å². The number of tetrazole rings is 1. The number of hydrogen-bond acceptors (Lipinski definition) is 9. The van der Waals surface area contributed by atoms with Crippen LogP contribution in [0.25, 0.3) is 21.6 Å². The summed E-state index contributed by atoms with van der Waals surface area (Å²) in [4.78, 5) is 12.1. The Labute approximate surface area is 196 Å². The van der Waals surface area contributed by atoms with E-state index in [4.69, 9.17) is 9.72 Å². The van der Waals surface area contributed by atoms with E-state index in [1.165, 1.54) is 21.1 Å². The molecule has 170 valence electrons. The molecule has 0 saturated carbocycles. The third-order valence-corrected chi connectivity index (χ3v) is 7.37. The van der Waals surface area contributed by atoms with Gasteiger partial charge in [-0.3, -0.25) is 4.90 Å². The molecule has 0 radical (unpaired) electrons. The molecule has 2 aromatic carbocycles. The van der Waals surface area contributed by atoms with Crippen LogP contribution in [-0.2, 0) is 11.3 Å². The molecule has 2 aliphatic rings. The molecule has 2 fully saturated rings. The van der Waals surface area contributed by atoms with Crippen molar-refractivity contribution in [2.24, 2.45) is 0 Å². The highest BCUT2D eigenvalue weighted by Gasteiger charge is 2.23. The lowest BCUT2D eigenvalue weighted by molar-refractivity contribution is 0.122. The summed E-state index contributed by atoms with van der Waals surface area (Å²) in [5.74, 6) is 0.635. The first-order chi connectivity index (χ1) is 16.3. The summed E-state index contributed by atoms with van der Waals surface area (Å²) in [5, 5.41) is 16.1. The topological polar surface area (TPSA) is 86.3 Å². The second kappa shape index (κ2) is 9.05. The van der Waals surface area contributed by atoms with Crippen LogP contribution in [0.5, 0.6) is 0 Å². The van der Waals surface area contributed by atoms with Crippen LogP contribution in [0.4, 0.5) is 11.4 Å². The maximum atomic E-state index is 5.54. The van der Waals surface area contributed by atoms with Gasteiger partial charge in [0.15, 0.2) is 0 Å². The fraction of sp³-hybridized carbons (Fsp3) is 0.391. The monoisotopic (exact) mass is 462 g/mol. The summed E-state index contributed by atoms with van der Waals surface area (Å²) in [6.07, 6.45) is 0. The van der Waals surface area contributed by atoms with E-state index in [9.17, 15) is 0 Å². The third kappa shape index (κ3) is 4.29. The number of aromatic nitrogens is 5. The summed E-state index contributed by atoms with van der Waals surface area (Å²) in [6.45, 7) is 8.14. The lowest BCUT2D eigenvalue weighted by atomic mass is 10.1. The molecule has 1 N–H and O–H groups in total. The number of nitrogens with one attached hydrogen (secondary N) is 1. The van der Waals surface area contributed by atoms with Crippen molar-refractivity contribution in [2.45, 2.75) is 6.54 Å². The average molecular weight is 463 g/mol. The molecular weight excluding hydrogens is 436 g/mol. The lowest BCUT2D eigenvalue weighted by Gasteiger charge is -2.37. The number of aromatic amines is 1. The Bertz CT molecular complexity index is 1180. The summed E-state index contributed by atoms with van der Waals surface area (Å²) in [5.41, 5.74) is 4.50. The van der Waals surface area contributed by atoms with Gasteiger partial charge in [-0.15, -0.1) is 21.5 Å². The fourth-order valence-corrected chi connectivity index (χ4v) is 5.60. The van der Waals surface area contributed by atoms with Crippen molar-refractivity contribution in [3.8, 4) is 11.4 Å². The van der Waals surface area contributed by atoms with Gasteiger partial charge in [-0.1, -0.05) is 12.1 Å². The maximum Gasteiger partial charge on any atom is 0.206 e. The van der Waals surface area contributed by atoms with E-state index in [1.807, 2.05) is 0 Å². The van der Waals surface area contributed by atoms with E-state index in [-0.39, 0.29) is 0 Å². The molecule has 6 rings (SSSR count). The Kier molecular flexibility index (Phi) is 5.63. The van der Waals surface area contributed by atoms with Gasteiger partial charge >= 0.3 is 0 Å². The van der Waals surface area contributed by atoms with Crippen molar-refractivity contribution >= 4 is 32.9 Å². The quantitative estimate of drug-likeness (QED) is 0.485. The molecule has 9 nitrogen and oxygen atoms in total. The first-order valence-electron chi connectivity index (χ1n) is 11.4. The van der Waals surface area contributed by atoms with Gasteiger partial charge in [0, 0.05) is 50.5 Å². The SMILES string of the molecule is c1ccc2sc(CN3CCN(c4cc(N5CCOCC5)ccc4-c4nn[nH]n4)CC3)nc2c1. The molecule has 4 heterocycles. The number of benzene rings is 2. The Morgan fingerprint density at radius 3 is 2.58 bits per heavy atom. The van der Waals surface area contributed by atoms with E-state index < -0.39 is 0 Å². The predicted molar refractivity (Wildman–Crippen MR) is 130 cm³/mol. The van der Waals surface area contributed by atoms with Crippen molar-refractivity contribution in [3.05, 3.63) is 47.5 Å². The number of rotatable bonds is 5. The van der Waals surface area contributed by atoms with Crippen LogP contribution in [-0.4, -0.2) is 83.0 Å². The molecule has 0 bridgehead atoms. The fourth-order valence-electron chi connectivity index (χ4n) is 4.59. The second-order valence-electron chi connectivity index (χ2n) is 8.37. The molecule has 33 heavy (non-hydrogen) atoms. The zero-order valence-corrected chi connectivity index (χ0v) is 19.2. The number of morpholine rings is 1. The van der Waals surface area contributed by atoms with Crippen LogP contribution in [0, 0.1) is 0 Å². The van der Waals surface area contributed by atoms with Crippen molar-refractivity contribution in [3.63, 3.8) is 0 Å². The number of thiazole rings is 1. The molecule has 2 aromatic heterocycles. The molecule has 0 aliphatic carbocycles. The summed E-state index contributed by atoms with van der Waals surface area (Å²) in [7, 11) is 0. The van der Waals surface area contributed by atoms with Gasteiger partial charge < -0.3 is 14.5 Å². The van der Waals surface area contributed by atoms with Gasteiger partial charge in [-0.05, 0) is 35.5 Å². The first-order valence-corrected chi connectivity index (χ1v) is 12.2. The molecule has 0 amide bonds. The number of ether oxygens (including phenoxy) is 1. The summed E-state index contributed by atoms with van der Waals surface area (Å²) >= 11 is 1.80. The van der Waals surface area contributed by atoms with Gasteiger partial charge in [-0.2, -0.15) is 5.21 Å². The molecule has 0 spiro atoms. The van der Waals surface area contributed by atoms with Gasteiger partial charge in [-0.25, -0.2) is 4.98 Å². The molecule has 0 atom stereocenters. The standard InChI is InChI=1S/C23H26N8OS/c1-2-4-21-19(3-1)24-22(33-21)16-29-7-9-31(10-8-29)20-15-17(30-11-13-32-14-12-30)5-6-18(20)23-25-27-28-26-23/h1-6,15H,7-14,16H2,(H,25,26,27,28). The molecule has 0 unspecified atom stereocenters. The van der Waals surface area contributed by atoms with Crippen LogP contribution in [0.2, 0.25) is 0 Å². The van der Waals surface area contributed by atoms with E-state index in [2.05, 4.69) is 77.8 Å². The van der Waals surface area contributed by atoms with E-state index in [0.717, 1.165) is 70.1 Å². The predicted octanol–water partition coefficient (Wildman–Crippen LogP) is 2.64. The minimum absolute atomic E-state index is 0.635. The largest absolute Gasteiger partial charge is 0.378 e. The Hall–Kier alpha value is -3.08. The van der Waals surface area contributed by atoms with E-state index in [1.54, 1.807) is 11.3 Å². The lowest BCUT2D eigenvalue weighted by Crippen LogP contribution is -2.46. The average Bonchev–Trinajstić information content (AvgIpc) is 3.55. The van der Waals surface area contributed by atoms with Crippen molar-refractivity contribution in [1.29, 1.82) is 0 Å². The van der Waals surface area contributed by atoms with Crippen LogP contribution in [0.1, 0.15) is 5.01 Å². The van der Waals surface area contributed by atoms with Crippen molar-refractivity contribution in [1.82, 2.24) is 30.5 Å². The number of fused-ring (bicyclic) bond motifs is 1. The highest BCUT2D eigenvalue weighted by molar-refractivity contribution is 7.18. The summed E-state index contributed by atoms with van der Waals surface area (Å²) < 4.78 is 6.80. The maximum absolute atomic E-state index is 5.54.